The summed E-state index contributed by atoms with van der Waals surface area (Å²) in [6.07, 6.45) is 3.12. The van der Waals surface area contributed by atoms with E-state index in [9.17, 15) is 9.18 Å². The quantitative estimate of drug-likeness (QED) is 0.870. The Morgan fingerprint density at radius 2 is 2.22 bits per heavy atom. The summed E-state index contributed by atoms with van der Waals surface area (Å²) in [5.74, 6) is -0.914. The van der Waals surface area contributed by atoms with E-state index in [4.69, 9.17) is 11.6 Å². The molecule has 1 aliphatic rings. The van der Waals surface area contributed by atoms with Gasteiger partial charge in [0.15, 0.2) is 0 Å². The molecule has 98 valence electrons. The standard InChI is InChI=1S/C14H17ClFNO/c1-14(2)7-3-4-12(14)17-13(18)10-8-9(15)5-6-11(10)16/h5-6,8,12H,3-4,7H2,1-2H3,(H,17,18). The van der Waals surface area contributed by atoms with Crippen molar-refractivity contribution >= 4 is 17.5 Å². The predicted molar refractivity (Wildman–Crippen MR) is 70.3 cm³/mol. The highest BCUT2D eigenvalue weighted by Gasteiger charge is 2.35. The van der Waals surface area contributed by atoms with Gasteiger partial charge in [0.1, 0.15) is 5.82 Å². The molecule has 1 atom stereocenters. The van der Waals surface area contributed by atoms with Gasteiger partial charge in [-0.2, -0.15) is 0 Å². The molecule has 0 saturated heterocycles. The summed E-state index contributed by atoms with van der Waals surface area (Å²) in [6, 6.07) is 4.13. The van der Waals surface area contributed by atoms with Crippen molar-refractivity contribution in [3.63, 3.8) is 0 Å². The third kappa shape index (κ3) is 2.66. The van der Waals surface area contributed by atoms with E-state index in [2.05, 4.69) is 19.2 Å². The van der Waals surface area contributed by atoms with Gasteiger partial charge in [-0.15, -0.1) is 0 Å². The van der Waals surface area contributed by atoms with Crippen LogP contribution in [0.5, 0.6) is 0 Å². The van der Waals surface area contributed by atoms with E-state index in [1.165, 1.54) is 18.2 Å². The van der Waals surface area contributed by atoms with E-state index in [0.29, 0.717) is 5.02 Å². The molecule has 1 unspecified atom stereocenters. The Kier molecular flexibility index (Phi) is 3.62. The average molecular weight is 270 g/mol. The molecule has 18 heavy (non-hydrogen) atoms. The number of hydrogen-bond donors (Lipinski definition) is 1. The number of benzene rings is 1. The molecule has 1 N–H and O–H groups in total. The summed E-state index contributed by atoms with van der Waals surface area (Å²) in [4.78, 5) is 12.1. The Morgan fingerprint density at radius 1 is 1.50 bits per heavy atom. The number of rotatable bonds is 2. The van der Waals surface area contributed by atoms with Crippen molar-refractivity contribution in [2.45, 2.75) is 39.2 Å². The van der Waals surface area contributed by atoms with Crippen LogP contribution in [0.4, 0.5) is 4.39 Å². The fraction of sp³-hybridized carbons (Fsp3) is 0.500. The highest BCUT2D eigenvalue weighted by Crippen LogP contribution is 2.37. The lowest BCUT2D eigenvalue weighted by Crippen LogP contribution is -2.41. The molecule has 1 fully saturated rings. The zero-order valence-electron chi connectivity index (χ0n) is 10.6. The number of carbonyl (C=O) groups excluding carboxylic acids is 1. The Balaban J connectivity index is 2.15. The Bertz CT molecular complexity index is 473. The maximum Gasteiger partial charge on any atom is 0.254 e. The van der Waals surface area contributed by atoms with E-state index in [1.807, 2.05) is 0 Å². The minimum absolute atomic E-state index is 0.0187. The van der Waals surface area contributed by atoms with E-state index >= 15 is 0 Å². The molecule has 0 bridgehead atoms. The van der Waals surface area contributed by atoms with Crippen molar-refractivity contribution in [3.05, 3.63) is 34.6 Å². The van der Waals surface area contributed by atoms with Crippen LogP contribution < -0.4 is 5.32 Å². The Morgan fingerprint density at radius 3 is 2.83 bits per heavy atom. The van der Waals surface area contributed by atoms with Crippen molar-refractivity contribution < 1.29 is 9.18 Å². The SMILES string of the molecule is CC1(C)CCCC1NC(=O)c1cc(Cl)ccc1F. The minimum atomic E-state index is -0.535. The van der Waals surface area contributed by atoms with Crippen LogP contribution in [0, 0.1) is 11.2 Å². The summed E-state index contributed by atoms with van der Waals surface area (Å²) >= 11 is 5.79. The molecular formula is C14H17ClFNO. The Hall–Kier alpha value is -1.09. The zero-order valence-corrected chi connectivity index (χ0v) is 11.4. The largest absolute Gasteiger partial charge is 0.349 e. The molecule has 1 amide bonds. The van der Waals surface area contributed by atoms with Gasteiger partial charge in [0.05, 0.1) is 5.56 Å². The summed E-state index contributed by atoms with van der Waals surface area (Å²) in [7, 11) is 0. The molecule has 0 aliphatic heterocycles. The smallest absolute Gasteiger partial charge is 0.254 e. The van der Waals surface area contributed by atoms with Crippen molar-refractivity contribution in [2.24, 2.45) is 5.41 Å². The number of nitrogens with one attached hydrogen (secondary N) is 1. The third-order valence-electron chi connectivity index (χ3n) is 3.74. The number of hydrogen-bond acceptors (Lipinski definition) is 1. The summed E-state index contributed by atoms with van der Waals surface area (Å²) in [5.41, 5.74) is 0.0928. The van der Waals surface area contributed by atoms with E-state index in [1.54, 1.807) is 0 Å². The minimum Gasteiger partial charge on any atom is -0.349 e. The summed E-state index contributed by atoms with van der Waals surface area (Å²) < 4.78 is 13.6. The first-order valence-corrected chi connectivity index (χ1v) is 6.54. The molecule has 4 heteroatoms. The molecule has 1 aromatic rings. The van der Waals surface area contributed by atoms with Crippen molar-refractivity contribution in [1.82, 2.24) is 5.32 Å². The summed E-state index contributed by atoms with van der Waals surface area (Å²) in [6.45, 7) is 4.25. The first-order chi connectivity index (χ1) is 8.40. The van der Waals surface area contributed by atoms with Gasteiger partial charge in [0.2, 0.25) is 0 Å². The fourth-order valence-electron chi connectivity index (χ4n) is 2.50. The molecule has 0 spiro atoms. The van der Waals surface area contributed by atoms with Crippen molar-refractivity contribution in [1.29, 1.82) is 0 Å². The molecule has 0 radical (unpaired) electrons. The fourth-order valence-corrected chi connectivity index (χ4v) is 2.67. The lowest BCUT2D eigenvalue weighted by Gasteiger charge is -2.27. The molecule has 0 heterocycles. The molecular weight excluding hydrogens is 253 g/mol. The van der Waals surface area contributed by atoms with Crippen LogP contribution in [0.25, 0.3) is 0 Å². The van der Waals surface area contributed by atoms with Crippen LogP contribution in [0.1, 0.15) is 43.5 Å². The van der Waals surface area contributed by atoms with Crippen LogP contribution >= 0.6 is 11.6 Å². The summed E-state index contributed by atoms with van der Waals surface area (Å²) in [5, 5.41) is 3.28. The average Bonchev–Trinajstić information content (AvgIpc) is 2.62. The molecule has 0 aromatic heterocycles. The van der Waals surface area contributed by atoms with Crippen LogP contribution in [0.2, 0.25) is 5.02 Å². The maximum absolute atomic E-state index is 13.6. The number of amides is 1. The molecule has 1 aromatic carbocycles. The maximum atomic E-state index is 13.6. The molecule has 1 saturated carbocycles. The number of halogens is 2. The number of carbonyl (C=O) groups is 1. The van der Waals surface area contributed by atoms with E-state index in [0.717, 1.165) is 19.3 Å². The normalized spacial score (nSPS) is 21.9. The van der Waals surface area contributed by atoms with Gasteiger partial charge in [-0.3, -0.25) is 4.79 Å². The molecule has 2 nitrogen and oxygen atoms in total. The van der Waals surface area contributed by atoms with Gasteiger partial charge in [-0.25, -0.2) is 4.39 Å². The van der Waals surface area contributed by atoms with Gasteiger partial charge < -0.3 is 5.32 Å². The van der Waals surface area contributed by atoms with Gasteiger partial charge in [0.25, 0.3) is 5.91 Å². The molecule has 2 rings (SSSR count). The second-order valence-corrected chi connectivity index (χ2v) is 5.97. The van der Waals surface area contributed by atoms with Crippen LogP contribution in [0.3, 0.4) is 0 Å². The first-order valence-electron chi connectivity index (χ1n) is 6.16. The predicted octanol–water partition coefficient (Wildman–Crippen LogP) is 3.79. The van der Waals surface area contributed by atoms with E-state index in [-0.39, 0.29) is 22.9 Å². The van der Waals surface area contributed by atoms with Gasteiger partial charge in [0, 0.05) is 11.1 Å². The van der Waals surface area contributed by atoms with Gasteiger partial charge in [-0.1, -0.05) is 31.9 Å². The lowest BCUT2D eigenvalue weighted by molar-refractivity contribution is 0.0906. The zero-order chi connectivity index (χ0) is 13.3. The van der Waals surface area contributed by atoms with Crippen LogP contribution in [-0.4, -0.2) is 11.9 Å². The van der Waals surface area contributed by atoms with Crippen molar-refractivity contribution in [2.75, 3.05) is 0 Å². The topological polar surface area (TPSA) is 29.1 Å². The first kappa shape index (κ1) is 13.3. The van der Waals surface area contributed by atoms with Gasteiger partial charge >= 0.3 is 0 Å². The van der Waals surface area contributed by atoms with E-state index < -0.39 is 5.82 Å². The Labute approximate surface area is 112 Å². The highest BCUT2D eigenvalue weighted by molar-refractivity contribution is 6.31. The second-order valence-electron chi connectivity index (χ2n) is 5.53. The second kappa shape index (κ2) is 4.88. The third-order valence-corrected chi connectivity index (χ3v) is 3.97. The van der Waals surface area contributed by atoms with Crippen LogP contribution in [0.15, 0.2) is 18.2 Å². The lowest BCUT2D eigenvalue weighted by atomic mass is 9.87. The molecule has 1 aliphatic carbocycles. The van der Waals surface area contributed by atoms with Crippen LogP contribution in [-0.2, 0) is 0 Å². The van der Waals surface area contributed by atoms with Crippen molar-refractivity contribution in [3.8, 4) is 0 Å². The monoisotopic (exact) mass is 269 g/mol. The highest BCUT2D eigenvalue weighted by atomic mass is 35.5. The van der Waals surface area contributed by atoms with Gasteiger partial charge in [-0.05, 0) is 36.5 Å².